The number of hydrogen-bond donors (Lipinski definition) is 1. The van der Waals surface area contributed by atoms with Crippen molar-refractivity contribution in [2.24, 2.45) is 10.9 Å². The molecule has 23 heavy (non-hydrogen) atoms. The monoisotopic (exact) mass is 339 g/mol. The molecule has 0 fully saturated rings. The number of hydrogen-bond acceptors (Lipinski definition) is 7. The van der Waals surface area contributed by atoms with E-state index in [1.54, 1.807) is 6.92 Å². The van der Waals surface area contributed by atoms with Gasteiger partial charge in [-0.25, -0.2) is 14.8 Å². The molecule has 11 heteroatoms. The Morgan fingerprint density at radius 2 is 2.22 bits per heavy atom. The molecular formula is C12H13N5O5S. The van der Waals surface area contributed by atoms with Gasteiger partial charge in [-0.3, -0.25) is 24.6 Å². The van der Waals surface area contributed by atoms with E-state index in [2.05, 4.69) is 15.3 Å². The van der Waals surface area contributed by atoms with E-state index >= 15 is 0 Å². The average Bonchev–Trinajstić information content (AvgIpc) is 2.93. The van der Waals surface area contributed by atoms with Gasteiger partial charge in [0.15, 0.2) is 5.13 Å². The zero-order valence-electron chi connectivity index (χ0n) is 12.3. The van der Waals surface area contributed by atoms with Gasteiger partial charge in [0.2, 0.25) is 11.8 Å². The zero-order chi connectivity index (χ0) is 17.1. The number of nitrogens with zero attached hydrogens (tertiary/aromatic N) is 4. The predicted octanol–water partition coefficient (Wildman–Crippen LogP) is 1.44. The minimum Gasteiger partial charge on any atom is -0.302 e. The van der Waals surface area contributed by atoms with Gasteiger partial charge in [-0.2, -0.15) is 0 Å². The third kappa shape index (κ3) is 3.74. The Morgan fingerprint density at radius 3 is 2.83 bits per heavy atom. The highest BCUT2D eigenvalue weighted by molar-refractivity contribution is 7.18. The number of thiazole rings is 1. The number of rotatable bonds is 5. The van der Waals surface area contributed by atoms with Crippen molar-refractivity contribution in [2.45, 2.75) is 19.8 Å². The number of carbonyl (C=O) groups excluding carboxylic acids is 3. The number of anilines is 1. The van der Waals surface area contributed by atoms with Gasteiger partial charge in [0, 0.05) is 19.2 Å². The molecule has 2 rings (SSSR count). The van der Waals surface area contributed by atoms with Gasteiger partial charge in [-0.05, 0) is 24.7 Å². The summed E-state index contributed by atoms with van der Waals surface area (Å²) in [7, 11) is 1.34. The molecule has 1 aromatic heterocycles. The number of aliphatic imine (C=N–C) groups is 1. The Kier molecular flexibility index (Phi) is 4.79. The van der Waals surface area contributed by atoms with E-state index in [-0.39, 0.29) is 23.0 Å². The van der Waals surface area contributed by atoms with Crippen molar-refractivity contribution in [3.05, 3.63) is 16.3 Å². The first kappa shape index (κ1) is 16.7. The van der Waals surface area contributed by atoms with Crippen molar-refractivity contribution in [2.75, 3.05) is 12.4 Å². The molecule has 4 amide bonds. The van der Waals surface area contributed by atoms with Crippen LogP contribution in [0.15, 0.2) is 11.2 Å². The number of aromatic nitrogens is 1. The number of urea groups is 1. The van der Waals surface area contributed by atoms with E-state index in [9.17, 15) is 24.5 Å². The van der Waals surface area contributed by atoms with E-state index in [1.165, 1.54) is 7.05 Å². The topological polar surface area (TPSA) is 135 Å². The second-order valence-electron chi connectivity index (χ2n) is 4.83. The Balaban J connectivity index is 1.93. The smallest absolute Gasteiger partial charge is 0.302 e. The summed E-state index contributed by atoms with van der Waals surface area (Å²) in [5.74, 6) is -1.45. The summed E-state index contributed by atoms with van der Waals surface area (Å²) < 4.78 is 0. The number of amides is 4. The molecule has 0 saturated heterocycles. The predicted molar refractivity (Wildman–Crippen MR) is 81.4 cm³/mol. The van der Waals surface area contributed by atoms with Gasteiger partial charge in [0.1, 0.15) is 6.20 Å². The van der Waals surface area contributed by atoms with Crippen molar-refractivity contribution >= 4 is 45.0 Å². The number of carbonyl (C=O) groups is 3. The molecule has 0 radical (unpaired) electrons. The van der Waals surface area contributed by atoms with Crippen molar-refractivity contribution < 1.29 is 19.3 Å². The fourth-order valence-electron chi connectivity index (χ4n) is 2.01. The lowest BCUT2D eigenvalue weighted by atomic mass is 9.95. The summed E-state index contributed by atoms with van der Waals surface area (Å²) in [5.41, 5.74) is 0.371. The third-order valence-corrected chi connectivity index (χ3v) is 4.14. The van der Waals surface area contributed by atoms with Crippen molar-refractivity contribution in [3.8, 4) is 0 Å². The highest BCUT2D eigenvalue weighted by atomic mass is 32.1. The third-order valence-electron chi connectivity index (χ3n) is 3.27. The molecular weight excluding hydrogens is 326 g/mol. The minimum absolute atomic E-state index is 0.00131. The zero-order valence-corrected chi connectivity index (χ0v) is 13.1. The summed E-state index contributed by atoms with van der Waals surface area (Å²) in [6.45, 7) is 1.57. The highest BCUT2D eigenvalue weighted by Gasteiger charge is 2.33. The first-order valence-corrected chi connectivity index (χ1v) is 7.38. The van der Waals surface area contributed by atoms with Crippen LogP contribution in [-0.4, -0.2) is 45.4 Å². The van der Waals surface area contributed by atoms with Crippen LogP contribution in [0.4, 0.5) is 14.9 Å². The standard InChI is InChI=1S/C12H13N5O5S/c1-6-7(10(19)16(2)12(20)14-6)3-4-8(18)15-11-13-5-9(23-11)17(21)22/h5,7H,3-4H2,1-2H3,(H,13,15,18). The molecule has 0 aliphatic carbocycles. The molecule has 1 aliphatic heterocycles. The quantitative estimate of drug-likeness (QED) is 0.637. The van der Waals surface area contributed by atoms with Crippen molar-refractivity contribution in [1.82, 2.24) is 9.88 Å². The molecule has 1 aliphatic rings. The number of nitrogens with one attached hydrogen (secondary N) is 1. The van der Waals surface area contributed by atoms with Crippen LogP contribution in [0.5, 0.6) is 0 Å². The molecule has 1 N–H and O–H groups in total. The van der Waals surface area contributed by atoms with Crippen LogP contribution in [-0.2, 0) is 9.59 Å². The first-order chi connectivity index (χ1) is 10.8. The van der Waals surface area contributed by atoms with Crippen molar-refractivity contribution in [1.29, 1.82) is 0 Å². The maximum absolute atomic E-state index is 12.0. The molecule has 0 saturated carbocycles. The molecule has 0 aromatic carbocycles. The Bertz CT molecular complexity index is 712. The molecule has 0 spiro atoms. The van der Waals surface area contributed by atoms with Crippen LogP contribution in [0.25, 0.3) is 0 Å². The van der Waals surface area contributed by atoms with Crippen molar-refractivity contribution in [3.63, 3.8) is 0 Å². The lowest BCUT2D eigenvalue weighted by Crippen LogP contribution is -2.43. The van der Waals surface area contributed by atoms with E-state index < -0.39 is 28.7 Å². The van der Waals surface area contributed by atoms with Crippen LogP contribution in [0, 0.1) is 16.0 Å². The second kappa shape index (κ2) is 6.60. The molecule has 122 valence electrons. The second-order valence-corrected chi connectivity index (χ2v) is 5.84. The fraction of sp³-hybridized carbons (Fsp3) is 0.417. The van der Waals surface area contributed by atoms with Gasteiger partial charge in [-0.1, -0.05) is 0 Å². The van der Waals surface area contributed by atoms with Crippen LogP contribution in [0.2, 0.25) is 0 Å². The van der Waals surface area contributed by atoms with E-state index in [1.807, 2.05) is 0 Å². The average molecular weight is 339 g/mol. The van der Waals surface area contributed by atoms with Gasteiger partial charge >= 0.3 is 11.0 Å². The Morgan fingerprint density at radius 1 is 1.52 bits per heavy atom. The first-order valence-electron chi connectivity index (χ1n) is 6.56. The molecule has 2 heterocycles. The summed E-state index contributed by atoms with van der Waals surface area (Å²) in [6.07, 6.45) is 1.24. The van der Waals surface area contributed by atoms with Crippen LogP contribution >= 0.6 is 11.3 Å². The van der Waals surface area contributed by atoms with Crippen LogP contribution in [0.1, 0.15) is 19.8 Å². The maximum atomic E-state index is 12.0. The Hall–Kier alpha value is -2.69. The summed E-state index contributed by atoms with van der Waals surface area (Å²) in [6, 6.07) is -0.622. The lowest BCUT2D eigenvalue weighted by molar-refractivity contribution is -0.380. The van der Waals surface area contributed by atoms with Crippen LogP contribution in [0.3, 0.4) is 0 Å². The SMILES string of the molecule is CC1=NC(=O)N(C)C(=O)C1CCC(=O)Nc1ncc([N+](=O)[O-])s1. The molecule has 0 bridgehead atoms. The van der Waals surface area contributed by atoms with Gasteiger partial charge < -0.3 is 5.32 Å². The van der Waals surface area contributed by atoms with E-state index in [0.29, 0.717) is 5.71 Å². The molecule has 10 nitrogen and oxygen atoms in total. The normalized spacial score (nSPS) is 17.9. The lowest BCUT2D eigenvalue weighted by Gasteiger charge is -2.25. The van der Waals surface area contributed by atoms with E-state index in [4.69, 9.17) is 0 Å². The molecule has 1 aromatic rings. The summed E-state index contributed by atoms with van der Waals surface area (Å²) in [4.78, 5) is 53.6. The van der Waals surface area contributed by atoms with E-state index in [0.717, 1.165) is 22.4 Å². The van der Waals surface area contributed by atoms with Gasteiger partial charge in [0.25, 0.3) is 0 Å². The maximum Gasteiger partial charge on any atom is 0.349 e. The largest absolute Gasteiger partial charge is 0.349 e. The van der Waals surface area contributed by atoms with Gasteiger partial charge in [-0.15, -0.1) is 0 Å². The Labute approximate surface area is 134 Å². The minimum atomic E-state index is -0.630. The number of imide groups is 1. The highest BCUT2D eigenvalue weighted by Crippen LogP contribution is 2.25. The van der Waals surface area contributed by atoms with Crippen LogP contribution < -0.4 is 5.32 Å². The van der Waals surface area contributed by atoms with Gasteiger partial charge in [0.05, 0.1) is 10.8 Å². The summed E-state index contributed by atoms with van der Waals surface area (Å²) >= 11 is 0.747. The molecule has 1 unspecified atom stereocenters. The fourth-order valence-corrected chi connectivity index (χ4v) is 2.66. The number of nitro groups is 1. The molecule has 1 atom stereocenters. The summed E-state index contributed by atoms with van der Waals surface area (Å²) in [5, 5.41) is 12.9.